The Morgan fingerprint density at radius 3 is 2.26 bits per heavy atom. The van der Waals surface area contributed by atoms with Gasteiger partial charge in [0.15, 0.2) is 5.69 Å². The van der Waals surface area contributed by atoms with Crippen molar-refractivity contribution in [2.24, 2.45) is 15.0 Å². The van der Waals surface area contributed by atoms with E-state index in [1.54, 1.807) is 49.3 Å². The number of aliphatic imine (C=N–C) groups is 3. The number of thioether (sulfide) groups is 3. The second kappa shape index (κ2) is 8.28. The van der Waals surface area contributed by atoms with Crippen molar-refractivity contribution >= 4 is 72.3 Å². The summed E-state index contributed by atoms with van der Waals surface area (Å²) >= 11 is 8.23. The number of aryl methyl sites for hydroxylation is 1. The molecule has 7 nitrogen and oxygen atoms in total. The Kier molecular flexibility index (Phi) is 6.13. The molecule has 3 aliphatic heterocycles. The molecule has 0 saturated carbocycles. The van der Waals surface area contributed by atoms with Crippen molar-refractivity contribution in [2.75, 3.05) is 24.3 Å². The van der Waals surface area contributed by atoms with Gasteiger partial charge in [-0.3, -0.25) is 19.8 Å². The third kappa shape index (κ3) is 4.12. The minimum absolute atomic E-state index is 0.258. The van der Waals surface area contributed by atoms with Gasteiger partial charge in [0.2, 0.25) is 5.89 Å². The molecule has 0 bridgehead atoms. The van der Waals surface area contributed by atoms with Crippen LogP contribution in [0.25, 0.3) is 0 Å². The van der Waals surface area contributed by atoms with Crippen LogP contribution in [-0.4, -0.2) is 61.4 Å². The highest BCUT2D eigenvalue weighted by Gasteiger charge is 2.48. The van der Waals surface area contributed by atoms with E-state index in [9.17, 15) is 4.79 Å². The Labute approximate surface area is 202 Å². The molecule has 164 valence electrons. The summed E-state index contributed by atoms with van der Waals surface area (Å²) in [5, 5.41) is 5.43. The molecule has 11 heteroatoms. The Morgan fingerprint density at radius 2 is 1.61 bits per heavy atom. The van der Waals surface area contributed by atoms with Crippen molar-refractivity contribution in [3.05, 3.63) is 17.3 Å². The van der Waals surface area contributed by atoms with E-state index >= 15 is 0 Å². The van der Waals surface area contributed by atoms with Crippen molar-refractivity contribution < 1.29 is 9.21 Å². The van der Waals surface area contributed by atoms with Gasteiger partial charge in [-0.1, -0.05) is 11.8 Å². The minimum atomic E-state index is -0.632. The maximum absolute atomic E-state index is 12.0. The summed E-state index contributed by atoms with van der Waals surface area (Å²) < 4.78 is 5.85. The molecule has 0 unspecified atom stereocenters. The first-order valence-corrected chi connectivity index (χ1v) is 13.4. The van der Waals surface area contributed by atoms with Crippen LogP contribution in [0.3, 0.4) is 0 Å². The second-order valence-electron chi connectivity index (χ2n) is 8.16. The molecule has 0 spiro atoms. The van der Waals surface area contributed by atoms with Crippen LogP contribution in [0.2, 0.25) is 0 Å². The Morgan fingerprint density at radius 1 is 1.03 bits per heavy atom. The van der Waals surface area contributed by atoms with E-state index in [0.29, 0.717) is 23.1 Å². The van der Waals surface area contributed by atoms with E-state index in [2.05, 4.69) is 50.8 Å². The van der Waals surface area contributed by atoms with Crippen molar-refractivity contribution in [2.45, 2.75) is 44.3 Å². The van der Waals surface area contributed by atoms with Crippen molar-refractivity contribution in [3.63, 3.8) is 0 Å². The SMILES string of the molecule is CNC(=O)c1nc([C@]2(C)CSC([C@]3(C)CSC([C@]4(C)CSC(C#CBr)=N4)=N3)=N2)oc1C. The van der Waals surface area contributed by atoms with E-state index in [1.165, 1.54) is 0 Å². The van der Waals surface area contributed by atoms with Gasteiger partial charge >= 0.3 is 0 Å². The molecule has 0 fully saturated rings. The van der Waals surface area contributed by atoms with Crippen LogP contribution in [0.4, 0.5) is 0 Å². The maximum atomic E-state index is 12.0. The predicted octanol–water partition coefficient (Wildman–Crippen LogP) is 3.87. The number of carbonyl (C=O) groups excluding carboxylic acids is 1. The zero-order valence-electron chi connectivity index (χ0n) is 17.8. The Bertz CT molecular complexity index is 1100. The van der Waals surface area contributed by atoms with E-state index < -0.39 is 11.1 Å². The molecule has 3 atom stereocenters. The fourth-order valence-corrected chi connectivity index (χ4v) is 7.56. The highest BCUT2D eigenvalue weighted by atomic mass is 79.9. The van der Waals surface area contributed by atoms with E-state index in [4.69, 9.17) is 19.4 Å². The lowest BCUT2D eigenvalue weighted by Gasteiger charge is -2.20. The van der Waals surface area contributed by atoms with E-state index in [0.717, 1.165) is 26.6 Å². The second-order valence-corrected chi connectivity index (χ2v) is 11.4. The van der Waals surface area contributed by atoms with Crippen LogP contribution in [0.15, 0.2) is 19.4 Å². The molecule has 0 saturated heterocycles. The fourth-order valence-electron chi connectivity index (χ4n) is 3.43. The molecule has 1 amide bonds. The molecule has 0 radical (unpaired) electrons. The molecular formula is C20H22BrN5O2S3. The molecule has 31 heavy (non-hydrogen) atoms. The van der Waals surface area contributed by atoms with Gasteiger partial charge in [-0.25, -0.2) is 4.98 Å². The molecule has 1 aromatic rings. The first-order chi connectivity index (χ1) is 14.6. The van der Waals surface area contributed by atoms with Gasteiger partial charge in [0.05, 0.1) is 10.1 Å². The highest BCUT2D eigenvalue weighted by molar-refractivity contribution is 9.12. The van der Waals surface area contributed by atoms with Gasteiger partial charge in [-0.05, 0) is 38.4 Å². The lowest BCUT2D eigenvalue weighted by molar-refractivity contribution is 0.0957. The van der Waals surface area contributed by atoms with Crippen LogP contribution in [0.5, 0.6) is 0 Å². The summed E-state index contributed by atoms with van der Waals surface area (Å²) in [6.45, 7) is 7.98. The largest absolute Gasteiger partial charge is 0.442 e. The summed E-state index contributed by atoms with van der Waals surface area (Å²) in [6.07, 6.45) is 0. The summed E-state index contributed by atoms with van der Waals surface area (Å²) in [5.41, 5.74) is -1.09. The highest BCUT2D eigenvalue weighted by Crippen LogP contribution is 2.45. The average molecular weight is 541 g/mol. The first-order valence-electron chi connectivity index (χ1n) is 9.63. The van der Waals surface area contributed by atoms with Crippen molar-refractivity contribution in [1.82, 2.24) is 10.3 Å². The number of hydrogen-bond acceptors (Lipinski definition) is 9. The molecular weight excluding hydrogens is 518 g/mol. The van der Waals surface area contributed by atoms with Crippen molar-refractivity contribution in [3.8, 4) is 10.8 Å². The Hall–Kier alpha value is -1.22. The zero-order chi connectivity index (χ0) is 22.4. The van der Waals surface area contributed by atoms with Gasteiger partial charge < -0.3 is 9.73 Å². The zero-order valence-corrected chi connectivity index (χ0v) is 21.9. The monoisotopic (exact) mass is 539 g/mol. The van der Waals surface area contributed by atoms with Gasteiger partial charge in [-0.15, -0.1) is 23.5 Å². The lowest BCUT2D eigenvalue weighted by Crippen LogP contribution is -2.33. The third-order valence-electron chi connectivity index (χ3n) is 5.29. The van der Waals surface area contributed by atoms with Crippen LogP contribution >= 0.6 is 51.2 Å². The number of nitrogens with zero attached hydrogens (tertiary/aromatic N) is 4. The number of aromatic nitrogens is 1. The van der Waals surface area contributed by atoms with E-state index in [1.807, 2.05) is 6.92 Å². The number of carbonyl (C=O) groups is 1. The molecule has 0 aliphatic carbocycles. The number of hydrogen-bond donors (Lipinski definition) is 1. The molecule has 3 aliphatic rings. The van der Waals surface area contributed by atoms with Gasteiger partial charge in [-0.2, -0.15) is 0 Å². The molecule has 1 N–H and O–H groups in total. The topological polar surface area (TPSA) is 92.2 Å². The smallest absolute Gasteiger partial charge is 0.273 e. The average Bonchev–Trinajstić information content (AvgIpc) is 3.49. The lowest BCUT2D eigenvalue weighted by atomic mass is 10.0. The molecule has 0 aromatic carbocycles. The quantitative estimate of drug-likeness (QED) is 0.584. The number of oxazole rings is 1. The number of halogens is 1. The van der Waals surface area contributed by atoms with Gasteiger partial charge in [0.1, 0.15) is 27.4 Å². The summed E-state index contributed by atoms with van der Waals surface area (Å²) in [6, 6.07) is 0. The normalized spacial score (nSPS) is 32.3. The van der Waals surface area contributed by atoms with Crippen molar-refractivity contribution in [1.29, 1.82) is 0 Å². The van der Waals surface area contributed by atoms with Crippen LogP contribution in [-0.2, 0) is 5.54 Å². The maximum Gasteiger partial charge on any atom is 0.273 e. The van der Waals surface area contributed by atoms with Gasteiger partial charge in [0, 0.05) is 40.2 Å². The van der Waals surface area contributed by atoms with Crippen LogP contribution < -0.4 is 5.32 Å². The Balaban J connectivity index is 1.61. The molecule has 4 heterocycles. The standard InChI is InChI=1S/C20H22BrN5O2S3/c1-11-13(14(27)22-5)23-15(28-11)18(2)8-30-17(25-18)20(4)10-31-16(26-20)19(3)9-29-12(24-19)6-7-21/h8-10H2,1-5H3,(H,22,27)/t18-,19-,20-/m0/s1. The number of amides is 1. The molecule has 1 aromatic heterocycles. The van der Waals surface area contributed by atoms with Crippen LogP contribution in [0.1, 0.15) is 42.9 Å². The first kappa shape index (κ1) is 23.0. The van der Waals surface area contributed by atoms with Gasteiger partial charge in [0.25, 0.3) is 5.91 Å². The summed E-state index contributed by atoms with van der Waals surface area (Å²) in [7, 11) is 1.58. The summed E-state index contributed by atoms with van der Waals surface area (Å²) in [5.74, 6) is 6.03. The molecule has 4 rings (SSSR count). The van der Waals surface area contributed by atoms with Crippen LogP contribution in [0, 0.1) is 17.7 Å². The van der Waals surface area contributed by atoms with E-state index in [-0.39, 0.29) is 11.4 Å². The fraction of sp³-hybridized carbons (Fsp3) is 0.550. The minimum Gasteiger partial charge on any atom is -0.442 e. The number of rotatable bonds is 4. The third-order valence-corrected chi connectivity index (χ3v) is 9.68. The number of nitrogens with one attached hydrogen (secondary N) is 1. The predicted molar refractivity (Wildman–Crippen MR) is 135 cm³/mol. The summed E-state index contributed by atoms with van der Waals surface area (Å²) in [4.78, 5) is 34.2.